The van der Waals surface area contributed by atoms with E-state index in [0.717, 1.165) is 49.1 Å². The summed E-state index contributed by atoms with van der Waals surface area (Å²) in [6, 6.07) is 9.16. The summed E-state index contributed by atoms with van der Waals surface area (Å²) >= 11 is 0. The average Bonchev–Trinajstić information content (AvgIpc) is 3.10. The molecule has 3 N–H and O–H groups in total. The summed E-state index contributed by atoms with van der Waals surface area (Å²) in [6.07, 6.45) is 4.21. The van der Waals surface area contributed by atoms with E-state index >= 15 is 0 Å². The van der Waals surface area contributed by atoms with E-state index in [0.29, 0.717) is 18.4 Å². The van der Waals surface area contributed by atoms with Crippen molar-refractivity contribution in [3.05, 3.63) is 47.2 Å². The number of H-pyrrole nitrogens is 1. The molecule has 7 heteroatoms. The summed E-state index contributed by atoms with van der Waals surface area (Å²) in [5, 5.41) is 0. The Balaban J connectivity index is 1.46. The van der Waals surface area contributed by atoms with Gasteiger partial charge in [-0.05, 0) is 31.4 Å². The van der Waals surface area contributed by atoms with Gasteiger partial charge in [-0.3, -0.25) is 4.90 Å². The topological polar surface area (TPSA) is 89.3 Å². The number of fused-ring (bicyclic) bond motifs is 1. The Bertz CT molecular complexity index is 975. The number of aromatic nitrogens is 3. The highest BCUT2D eigenvalue weighted by atomic mass is 16.5. The Morgan fingerprint density at radius 3 is 2.53 bits per heavy atom. The number of nitrogens with one attached hydrogen (secondary N) is 1. The van der Waals surface area contributed by atoms with Crippen LogP contribution in [0.2, 0.25) is 0 Å². The van der Waals surface area contributed by atoms with Crippen molar-refractivity contribution in [1.29, 1.82) is 0 Å². The molecule has 2 aromatic heterocycles. The van der Waals surface area contributed by atoms with Crippen LogP contribution in [0.1, 0.15) is 43.9 Å². The molecule has 3 aromatic rings. The summed E-state index contributed by atoms with van der Waals surface area (Å²) in [5.41, 5.74) is 11.3. The number of aromatic amines is 1. The van der Waals surface area contributed by atoms with Crippen molar-refractivity contribution in [3.63, 3.8) is 0 Å². The van der Waals surface area contributed by atoms with Crippen LogP contribution in [0.4, 0.5) is 5.82 Å². The van der Waals surface area contributed by atoms with Crippen LogP contribution in [-0.2, 0) is 17.7 Å². The van der Waals surface area contributed by atoms with Gasteiger partial charge in [0.25, 0.3) is 0 Å². The lowest BCUT2D eigenvalue weighted by Crippen LogP contribution is -2.44. The minimum absolute atomic E-state index is 0.288. The molecule has 2 atom stereocenters. The third-order valence-electron chi connectivity index (χ3n) is 5.37. The summed E-state index contributed by atoms with van der Waals surface area (Å²) < 4.78 is 11.4. The van der Waals surface area contributed by atoms with E-state index in [4.69, 9.17) is 15.2 Å². The van der Waals surface area contributed by atoms with E-state index in [1.807, 2.05) is 13.1 Å². The smallest absolute Gasteiger partial charge is 0.319 e. The normalized spacial score (nSPS) is 20.0. The van der Waals surface area contributed by atoms with Crippen molar-refractivity contribution < 1.29 is 9.47 Å². The molecule has 2 unspecified atom stereocenters. The van der Waals surface area contributed by atoms with Gasteiger partial charge in [0.05, 0.1) is 18.8 Å². The van der Waals surface area contributed by atoms with Crippen molar-refractivity contribution in [2.45, 2.75) is 52.4 Å². The number of anilines is 1. The molecule has 160 valence electrons. The predicted octanol–water partition coefficient (Wildman–Crippen LogP) is 3.53. The summed E-state index contributed by atoms with van der Waals surface area (Å²) in [4.78, 5) is 14.5. The summed E-state index contributed by atoms with van der Waals surface area (Å²) in [5.74, 6) is 0.418. The maximum absolute atomic E-state index is 6.09. The van der Waals surface area contributed by atoms with Gasteiger partial charge < -0.3 is 20.2 Å². The van der Waals surface area contributed by atoms with E-state index in [2.05, 4.69) is 58.0 Å². The maximum atomic E-state index is 6.09. The minimum atomic E-state index is 0.288. The average molecular weight is 410 g/mol. The van der Waals surface area contributed by atoms with Crippen LogP contribution in [0.25, 0.3) is 11.0 Å². The van der Waals surface area contributed by atoms with Gasteiger partial charge in [-0.25, -0.2) is 0 Å². The van der Waals surface area contributed by atoms with Gasteiger partial charge in [0.15, 0.2) is 5.82 Å². The molecule has 1 aliphatic rings. The highest BCUT2D eigenvalue weighted by Gasteiger charge is 2.22. The van der Waals surface area contributed by atoms with Gasteiger partial charge in [-0.15, -0.1) is 0 Å². The first-order valence-corrected chi connectivity index (χ1v) is 10.7. The maximum Gasteiger partial charge on any atom is 0.319 e. The quantitative estimate of drug-likeness (QED) is 0.621. The lowest BCUT2D eigenvalue weighted by atomic mass is 10.0. The van der Waals surface area contributed by atoms with Crippen LogP contribution in [0.15, 0.2) is 30.5 Å². The second kappa shape index (κ2) is 9.02. The Hall–Kier alpha value is -2.64. The fourth-order valence-electron chi connectivity index (χ4n) is 4.11. The zero-order valence-corrected chi connectivity index (χ0v) is 18.0. The molecule has 1 saturated heterocycles. The van der Waals surface area contributed by atoms with Crippen molar-refractivity contribution in [3.8, 4) is 6.01 Å². The summed E-state index contributed by atoms with van der Waals surface area (Å²) in [7, 11) is 0. The van der Waals surface area contributed by atoms with Crippen molar-refractivity contribution in [1.82, 2.24) is 19.9 Å². The Kier molecular flexibility index (Phi) is 6.20. The third kappa shape index (κ3) is 4.74. The molecule has 0 aliphatic carbocycles. The first-order valence-electron chi connectivity index (χ1n) is 10.7. The van der Waals surface area contributed by atoms with Gasteiger partial charge in [-0.2, -0.15) is 9.97 Å². The zero-order chi connectivity index (χ0) is 21.1. The van der Waals surface area contributed by atoms with Gasteiger partial charge in [-0.1, -0.05) is 31.2 Å². The van der Waals surface area contributed by atoms with Crippen LogP contribution in [0.3, 0.4) is 0 Å². The Morgan fingerprint density at radius 1 is 1.13 bits per heavy atom. The van der Waals surface area contributed by atoms with Crippen LogP contribution < -0.4 is 10.5 Å². The number of nitrogen functional groups attached to an aromatic ring is 1. The molecule has 1 fully saturated rings. The molecule has 0 amide bonds. The summed E-state index contributed by atoms with van der Waals surface area (Å²) in [6.45, 7) is 9.81. The number of morpholine rings is 1. The molecule has 0 radical (unpaired) electrons. The molecule has 0 saturated carbocycles. The molecule has 1 aromatic carbocycles. The largest absolute Gasteiger partial charge is 0.463 e. The zero-order valence-electron chi connectivity index (χ0n) is 18.0. The van der Waals surface area contributed by atoms with E-state index in [1.165, 1.54) is 11.1 Å². The number of hydrogen-bond acceptors (Lipinski definition) is 6. The predicted molar refractivity (Wildman–Crippen MR) is 119 cm³/mol. The fraction of sp³-hybridized carbons (Fsp3) is 0.478. The van der Waals surface area contributed by atoms with Gasteiger partial charge in [0, 0.05) is 37.8 Å². The number of rotatable bonds is 7. The molecule has 4 rings (SSSR count). The highest BCUT2D eigenvalue weighted by Crippen LogP contribution is 2.25. The molecule has 1 aliphatic heterocycles. The first kappa shape index (κ1) is 20.6. The van der Waals surface area contributed by atoms with Crippen molar-refractivity contribution in [2.75, 3.05) is 25.4 Å². The monoisotopic (exact) mass is 409 g/mol. The van der Waals surface area contributed by atoms with Crippen LogP contribution >= 0.6 is 0 Å². The number of ether oxygens (including phenoxy) is 2. The van der Waals surface area contributed by atoms with Crippen LogP contribution in [0.5, 0.6) is 6.01 Å². The molecular formula is C23H31N5O2. The molecule has 0 bridgehead atoms. The van der Waals surface area contributed by atoms with E-state index in [-0.39, 0.29) is 12.2 Å². The second-order valence-electron chi connectivity index (χ2n) is 8.22. The molecule has 3 heterocycles. The van der Waals surface area contributed by atoms with E-state index < -0.39 is 0 Å². The third-order valence-corrected chi connectivity index (χ3v) is 5.37. The number of benzene rings is 1. The van der Waals surface area contributed by atoms with Crippen LogP contribution in [0, 0.1) is 0 Å². The number of nitrogens with zero attached hydrogens (tertiary/aromatic N) is 3. The molecular weight excluding hydrogens is 378 g/mol. The van der Waals surface area contributed by atoms with Crippen LogP contribution in [-0.4, -0.2) is 51.8 Å². The van der Waals surface area contributed by atoms with Crippen molar-refractivity contribution >= 4 is 16.9 Å². The van der Waals surface area contributed by atoms with Gasteiger partial charge >= 0.3 is 6.01 Å². The number of nitrogens with two attached hydrogens (primary N) is 1. The van der Waals surface area contributed by atoms with E-state index in [9.17, 15) is 0 Å². The SMILES string of the molecule is CCCOc1nc(N)c2[nH]cc(Cc3ccc(CN4CC(C)OC(C)C4)cc3)c2n1. The first-order chi connectivity index (χ1) is 14.5. The fourth-order valence-corrected chi connectivity index (χ4v) is 4.11. The van der Waals surface area contributed by atoms with E-state index in [1.54, 1.807) is 0 Å². The second-order valence-corrected chi connectivity index (χ2v) is 8.22. The molecule has 30 heavy (non-hydrogen) atoms. The highest BCUT2D eigenvalue weighted by molar-refractivity contribution is 5.87. The van der Waals surface area contributed by atoms with Crippen molar-refractivity contribution in [2.24, 2.45) is 0 Å². The number of hydrogen-bond donors (Lipinski definition) is 2. The Morgan fingerprint density at radius 2 is 1.83 bits per heavy atom. The van der Waals surface area contributed by atoms with Gasteiger partial charge in [0.1, 0.15) is 11.0 Å². The standard InChI is InChI=1S/C23H31N5O2/c1-4-9-29-23-26-20-19(11-25-21(20)22(24)27-23)10-17-5-7-18(8-6-17)14-28-12-15(2)30-16(3)13-28/h5-8,11,15-16,25H,4,9-10,12-14H2,1-3H3,(H2,24,26,27). The molecule has 7 nitrogen and oxygen atoms in total. The molecule has 0 spiro atoms. The van der Waals surface area contributed by atoms with Gasteiger partial charge in [0.2, 0.25) is 0 Å². The Labute approximate surface area is 177 Å². The minimum Gasteiger partial charge on any atom is -0.463 e. The lowest BCUT2D eigenvalue weighted by Gasteiger charge is -2.35. The lowest BCUT2D eigenvalue weighted by molar-refractivity contribution is -0.0704.